The van der Waals surface area contributed by atoms with Crippen LogP contribution in [0.3, 0.4) is 0 Å². The lowest BCUT2D eigenvalue weighted by molar-refractivity contribution is 0.101. The van der Waals surface area contributed by atoms with E-state index in [1.165, 1.54) is 6.92 Å². The Bertz CT molecular complexity index is 1710. The Kier molecular flexibility index (Phi) is 7.16. The van der Waals surface area contributed by atoms with Crippen molar-refractivity contribution in [2.24, 2.45) is 0 Å². The van der Waals surface area contributed by atoms with Gasteiger partial charge in [0.05, 0.1) is 24.0 Å². The molecule has 1 aliphatic heterocycles. The van der Waals surface area contributed by atoms with Crippen molar-refractivity contribution in [3.05, 3.63) is 68.1 Å². The van der Waals surface area contributed by atoms with Gasteiger partial charge in [-0.3, -0.25) is 19.1 Å². The summed E-state index contributed by atoms with van der Waals surface area (Å²) in [4.78, 5) is 55.4. The number of hydrogen-bond acceptors (Lipinski definition) is 11. The van der Waals surface area contributed by atoms with Crippen LogP contribution in [0.4, 0.5) is 17.5 Å². The van der Waals surface area contributed by atoms with Gasteiger partial charge < -0.3 is 19.1 Å². The van der Waals surface area contributed by atoms with Gasteiger partial charge in [0.2, 0.25) is 5.95 Å². The molecule has 12 nitrogen and oxygen atoms in total. The molecular formula is C29H33N7O5. The highest BCUT2D eigenvalue weighted by Crippen LogP contribution is 2.32. The molecule has 41 heavy (non-hydrogen) atoms. The monoisotopic (exact) mass is 559 g/mol. The number of carbonyl (C=O) groups excluding carboxylic acids is 1. The normalized spacial score (nSPS) is 16.5. The third-order valence-corrected chi connectivity index (χ3v) is 8.18. The number of ketones is 1. The average Bonchev–Trinajstić information content (AvgIpc) is 3.58. The van der Waals surface area contributed by atoms with Gasteiger partial charge in [0.15, 0.2) is 11.5 Å². The summed E-state index contributed by atoms with van der Waals surface area (Å²) in [7, 11) is 0. The van der Waals surface area contributed by atoms with E-state index in [1.807, 2.05) is 18.3 Å². The molecule has 2 fully saturated rings. The Morgan fingerprint density at radius 2 is 1.78 bits per heavy atom. The topological polar surface area (TPSA) is 140 Å². The first kappa shape index (κ1) is 26.9. The molecule has 0 aromatic carbocycles. The zero-order valence-electron chi connectivity index (χ0n) is 23.5. The number of rotatable bonds is 7. The number of aryl methyl sites for hydroxylation is 2. The number of piperazine rings is 1. The van der Waals surface area contributed by atoms with Crippen LogP contribution in [0, 0.1) is 13.8 Å². The van der Waals surface area contributed by atoms with E-state index < -0.39 is 5.82 Å². The van der Waals surface area contributed by atoms with Gasteiger partial charge in [-0.05, 0) is 51.3 Å². The molecule has 12 heteroatoms. The van der Waals surface area contributed by atoms with Gasteiger partial charge in [0, 0.05) is 43.8 Å². The Labute approximate surface area is 236 Å². The molecule has 5 heterocycles. The van der Waals surface area contributed by atoms with Crippen molar-refractivity contribution in [1.82, 2.24) is 24.4 Å². The maximum atomic E-state index is 13.4. The van der Waals surface area contributed by atoms with Crippen LogP contribution in [-0.4, -0.2) is 56.4 Å². The van der Waals surface area contributed by atoms with Gasteiger partial charge in [-0.2, -0.15) is 4.98 Å². The van der Waals surface area contributed by atoms with Crippen LogP contribution in [0.1, 0.15) is 66.1 Å². The van der Waals surface area contributed by atoms with Crippen LogP contribution < -0.4 is 21.6 Å². The molecule has 4 aromatic rings. The lowest BCUT2D eigenvalue weighted by Crippen LogP contribution is -2.46. The minimum absolute atomic E-state index is 0.0200. The molecule has 0 atom stereocenters. The fraction of sp³-hybridized carbons (Fsp3) is 0.448. The van der Waals surface area contributed by atoms with Crippen molar-refractivity contribution in [2.75, 3.05) is 36.4 Å². The van der Waals surface area contributed by atoms with E-state index in [0.717, 1.165) is 57.5 Å². The number of fused-ring (bicyclic) bond motifs is 1. The van der Waals surface area contributed by atoms with Gasteiger partial charge in [0.1, 0.15) is 17.2 Å². The maximum Gasteiger partial charge on any atom is 0.519 e. The summed E-state index contributed by atoms with van der Waals surface area (Å²) in [6.07, 6.45) is 7.37. The van der Waals surface area contributed by atoms with Crippen molar-refractivity contribution < 1.29 is 13.6 Å². The summed E-state index contributed by atoms with van der Waals surface area (Å²) < 4.78 is 11.8. The molecular weight excluding hydrogens is 526 g/mol. The van der Waals surface area contributed by atoms with Gasteiger partial charge in [0.25, 0.3) is 5.56 Å². The number of hydrogen-bond donors (Lipinski definition) is 1. The number of carbonyl (C=O) groups is 1. The van der Waals surface area contributed by atoms with Gasteiger partial charge in [-0.1, -0.05) is 12.8 Å². The van der Waals surface area contributed by atoms with Crippen molar-refractivity contribution in [1.29, 1.82) is 0 Å². The zero-order chi connectivity index (χ0) is 28.7. The second-order valence-electron chi connectivity index (χ2n) is 10.8. The second-order valence-corrected chi connectivity index (χ2v) is 10.8. The minimum Gasteiger partial charge on any atom is -0.396 e. The summed E-state index contributed by atoms with van der Waals surface area (Å²) in [6.45, 7) is 8.74. The van der Waals surface area contributed by atoms with E-state index in [2.05, 4.69) is 25.1 Å². The summed E-state index contributed by atoms with van der Waals surface area (Å²) in [5.74, 6) is 1.13. The molecule has 1 aliphatic carbocycles. The molecule has 1 N–H and O–H groups in total. The lowest BCUT2D eigenvalue weighted by atomic mass is 10.0. The molecule has 4 aromatic heterocycles. The number of nitrogens with zero attached hydrogens (tertiary/aromatic N) is 6. The first-order chi connectivity index (χ1) is 19.8. The predicted molar refractivity (Wildman–Crippen MR) is 153 cm³/mol. The van der Waals surface area contributed by atoms with Crippen molar-refractivity contribution >= 4 is 34.3 Å². The third kappa shape index (κ3) is 5.26. The number of Topliss-reactive ketones (excluding diaryl/α,β-unsaturated/α-hetero) is 1. The van der Waals surface area contributed by atoms with E-state index in [1.54, 1.807) is 24.6 Å². The van der Waals surface area contributed by atoms with Gasteiger partial charge >= 0.3 is 5.82 Å². The van der Waals surface area contributed by atoms with Crippen LogP contribution in [0.25, 0.3) is 11.0 Å². The lowest BCUT2D eigenvalue weighted by Gasteiger charge is -2.35. The summed E-state index contributed by atoms with van der Waals surface area (Å²) in [5.41, 5.74) is 2.11. The summed E-state index contributed by atoms with van der Waals surface area (Å²) in [6, 6.07) is 3.90. The Hall–Kier alpha value is -4.32. The smallest absolute Gasteiger partial charge is 0.396 e. The van der Waals surface area contributed by atoms with Crippen LogP contribution >= 0.6 is 0 Å². The molecule has 1 saturated carbocycles. The first-order valence-electron chi connectivity index (χ1n) is 14.0. The molecule has 2 aliphatic rings. The number of aromatic nitrogens is 4. The number of nitrogens with one attached hydrogen (secondary N) is 1. The zero-order valence-corrected chi connectivity index (χ0v) is 23.5. The molecule has 214 valence electrons. The molecule has 1 saturated heterocycles. The minimum atomic E-state index is -0.662. The number of pyridine rings is 2. The summed E-state index contributed by atoms with van der Waals surface area (Å²) in [5, 5.41) is 3.88. The highest BCUT2D eigenvalue weighted by Gasteiger charge is 2.26. The fourth-order valence-electron chi connectivity index (χ4n) is 5.96. The van der Waals surface area contributed by atoms with Crippen molar-refractivity contribution in [3.63, 3.8) is 0 Å². The quantitative estimate of drug-likeness (QED) is 0.331. The maximum absolute atomic E-state index is 13.4. The van der Waals surface area contributed by atoms with E-state index in [9.17, 15) is 14.4 Å². The number of anilines is 3. The summed E-state index contributed by atoms with van der Waals surface area (Å²) >= 11 is 0. The van der Waals surface area contributed by atoms with E-state index in [0.29, 0.717) is 46.4 Å². The molecule has 6 rings (SSSR count). The molecule has 0 unspecified atom stereocenters. The average molecular weight is 560 g/mol. The third-order valence-electron chi connectivity index (χ3n) is 8.18. The molecule has 0 radical (unpaired) electrons. The molecule has 0 bridgehead atoms. The van der Waals surface area contributed by atoms with E-state index >= 15 is 0 Å². The fourth-order valence-corrected chi connectivity index (χ4v) is 5.96. The molecule has 0 spiro atoms. The highest BCUT2D eigenvalue weighted by atomic mass is 16.6. The standard InChI is InChI=1S/C29H33N7O5/c1-17-22-15-31-28(33-26(22)36(20-6-4-5-7-20)27(38)25(17)18(2)37)32-24-9-8-21(14-30-24)35-12-10-34(11-13-35)16-23-19(3)40-29(39)41-23/h8-9,14-15,20H,4-7,10-13,16H2,1-3H3,(H,30,31,32,33). The molecule has 0 amide bonds. The van der Waals surface area contributed by atoms with Crippen LogP contribution in [0.15, 0.2) is 42.9 Å². The highest BCUT2D eigenvalue weighted by molar-refractivity contribution is 5.99. The SMILES string of the molecule is CC(=O)c1c(C)c2cnc(Nc3ccc(N4CCN(Cc5oc(=O)oc5C)CC4)cn3)nc2n(C2CCCC2)c1=O. The van der Waals surface area contributed by atoms with Crippen LogP contribution in [0.2, 0.25) is 0 Å². The van der Waals surface area contributed by atoms with Gasteiger partial charge in [-0.15, -0.1) is 0 Å². The Morgan fingerprint density at radius 1 is 1.02 bits per heavy atom. The first-order valence-corrected chi connectivity index (χ1v) is 14.0. The van der Waals surface area contributed by atoms with E-state index in [-0.39, 0.29) is 22.9 Å². The predicted octanol–water partition coefficient (Wildman–Crippen LogP) is 3.73. The van der Waals surface area contributed by atoms with Gasteiger partial charge in [-0.25, -0.2) is 14.8 Å². The largest absolute Gasteiger partial charge is 0.519 e. The van der Waals surface area contributed by atoms with Crippen LogP contribution in [0.5, 0.6) is 0 Å². The van der Waals surface area contributed by atoms with E-state index in [4.69, 9.17) is 13.8 Å². The van der Waals surface area contributed by atoms with Crippen LogP contribution in [-0.2, 0) is 6.54 Å². The van der Waals surface area contributed by atoms with Crippen molar-refractivity contribution in [3.8, 4) is 0 Å². The Balaban J connectivity index is 1.18. The van der Waals surface area contributed by atoms with Crippen molar-refractivity contribution in [2.45, 2.75) is 59.0 Å². The Morgan fingerprint density at radius 3 is 2.41 bits per heavy atom. The second kappa shape index (κ2) is 10.9.